The van der Waals surface area contributed by atoms with E-state index in [2.05, 4.69) is 50.2 Å². The van der Waals surface area contributed by atoms with Crippen LogP contribution in [0.4, 0.5) is 5.82 Å². The van der Waals surface area contributed by atoms with Crippen molar-refractivity contribution in [1.29, 1.82) is 5.26 Å². The Bertz CT molecular complexity index is 1180. The van der Waals surface area contributed by atoms with E-state index in [1.165, 1.54) is 6.20 Å². The van der Waals surface area contributed by atoms with Gasteiger partial charge in [-0.05, 0) is 30.7 Å². The number of nitriles is 1. The largest absolute Gasteiger partial charge is 0.348 e. The van der Waals surface area contributed by atoms with Gasteiger partial charge in [0.25, 0.3) is 0 Å². The molecule has 132 valence electrons. The molecule has 4 aromatic heterocycles. The fourth-order valence-corrected chi connectivity index (χ4v) is 3.74. The number of fused-ring (bicyclic) bond motifs is 2. The third-order valence-corrected chi connectivity index (χ3v) is 5.03. The highest BCUT2D eigenvalue weighted by Crippen LogP contribution is 2.36. The number of nitrogens with one attached hydrogen (secondary N) is 1. The fraction of sp³-hybridized carbons (Fsp3) is 0.211. The smallest absolute Gasteiger partial charge is 0.170 e. The van der Waals surface area contributed by atoms with E-state index in [9.17, 15) is 5.26 Å². The highest BCUT2D eigenvalue weighted by atomic mass is 15.3. The highest BCUT2D eigenvalue weighted by molar-refractivity contribution is 5.60. The van der Waals surface area contributed by atoms with Gasteiger partial charge in [0.1, 0.15) is 12.1 Å². The van der Waals surface area contributed by atoms with Gasteiger partial charge in [0.2, 0.25) is 0 Å². The van der Waals surface area contributed by atoms with Crippen LogP contribution in [0.3, 0.4) is 0 Å². The average Bonchev–Trinajstić information content (AvgIpc) is 3.34. The Kier molecular flexibility index (Phi) is 3.40. The van der Waals surface area contributed by atoms with Gasteiger partial charge in [-0.3, -0.25) is 0 Å². The summed E-state index contributed by atoms with van der Waals surface area (Å²) in [5, 5.41) is 22.6. The summed E-state index contributed by atoms with van der Waals surface area (Å²) in [6, 6.07) is 9.80. The van der Waals surface area contributed by atoms with Crippen molar-refractivity contribution in [3.8, 4) is 6.07 Å². The van der Waals surface area contributed by atoms with Gasteiger partial charge >= 0.3 is 0 Å². The van der Waals surface area contributed by atoms with Crippen LogP contribution in [0.5, 0.6) is 0 Å². The molecule has 0 aliphatic carbocycles. The van der Waals surface area contributed by atoms with E-state index in [4.69, 9.17) is 5.10 Å². The van der Waals surface area contributed by atoms with Gasteiger partial charge in [0.05, 0.1) is 35.0 Å². The van der Waals surface area contributed by atoms with E-state index in [1.54, 1.807) is 12.4 Å². The number of hydrogen-bond donors (Lipinski definition) is 1. The number of H-pyrrole nitrogens is 1. The molecular weight excluding hydrogens is 340 g/mol. The SMILES string of the molecule is Cc1cccn2nc([C@@H]3c4nc[nH]c4CCN3c3nnccc3C#N)cc12. The van der Waals surface area contributed by atoms with E-state index in [0.717, 1.165) is 34.6 Å². The lowest BCUT2D eigenvalue weighted by Crippen LogP contribution is -2.37. The summed E-state index contributed by atoms with van der Waals surface area (Å²) < 4.78 is 1.88. The van der Waals surface area contributed by atoms with Gasteiger partial charge in [-0.15, -0.1) is 5.10 Å². The molecule has 0 aromatic carbocycles. The van der Waals surface area contributed by atoms with Crippen LogP contribution in [-0.4, -0.2) is 36.3 Å². The van der Waals surface area contributed by atoms with Gasteiger partial charge in [-0.25, -0.2) is 9.50 Å². The number of nitrogens with zero attached hydrogens (tertiary/aromatic N) is 7. The molecule has 1 aliphatic rings. The molecule has 0 amide bonds. The van der Waals surface area contributed by atoms with Crippen LogP contribution in [0, 0.1) is 18.3 Å². The van der Waals surface area contributed by atoms with Crippen molar-refractivity contribution in [2.45, 2.75) is 19.4 Å². The number of aryl methyl sites for hydroxylation is 1. The molecule has 0 unspecified atom stereocenters. The second kappa shape index (κ2) is 5.92. The minimum atomic E-state index is -0.233. The summed E-state index contributed by atoms with van der Waals surface area (Å²) in [4.78, 5) is 9.87. The minimum absolute atomic E-state index is 0.233. The topological polar surface area (TPSA) is 98.8 Å². The summed E-state index contributed by atoms with van der Waals surface area (Å²) in [7, 11) is 0. The maximum Gasteiger partial charge on any atom is 0.170 e. The molecule has 0 saturated heterocycles. The van der Waals surface area contributed by atoms with Crippen LogP contribution < -0.4 is 4.90 Å². The minimum Gasteiger partial charge on any atom is -0.348 e. The maximum absolute atomic E-state index is 9.53. The number of anilines is 1. The molecule has 0 saturated carbocycles. The standard InChI is InChI=1S/C19H16N8/c1-12-3-2-7-27-16(12)9-15(25-27)18-17-14(21-11-22-17)5-8-26(18)19-13(10-20)4-6-23-24-19/h2-4,6-7,9,11,18H,5,8H2,1H3,(H,21,22)/t18-/m1/s1. The molecule has 4 aromatic rings. The first-order valence-corrected chi connectivity index (χ1v) is 8.71. The molecule has 0 bridgehead atoms. The molecule has 5 rings (SSSR count). The highest BCUT2D eigenvalue weighted by Gasteiger charge is 2.35. The normalized spacial score (nSPS) is 16.3. The third-order valence-electron chi connectivity index (χ3n) is 5.03. The zero-order valence-electron chi connectivity index (χ0n) is 14.7. The second-order valence-electron chi connectivity index (χ2n) is 6.58. The van der Waals surface area contributed by atoms with Crippen molar-refractivity contribution < 1.29 is 0 Å². The number of imidazole rings is 1. The molecule has 0 fully saturated rings. The number of aromatic amines is 1. The van der Waals surface area contributed by atoms with Gasteiger partial charge in [0.15, 0.2) is 5.82 Å². The second-order valence-corrected chi connectivity index (χ2v) is 6.58. The molecule has 1 aliphatic heterocycles. The molecule has 27 heavy (non-hydrogen) atoms. The van der Waals surface area contributed by atoms with E-state index in [1.807, 2.05) is 16.8 Å². The lowest BCUT2D eigenvalue weighted by molar-refractivity contribution is 0.606. The predicted molar refractivity (Wildman–Crippen MR) is 98.2 cm³/mol. The first kappa shape index (κ1) is 15.5. The Hall–Kier alpha value is -3.73. The number of aromatic nitrogens is 6. The van der Waals surface area contributed by atoms with Gasteiger partial charge < -0.3 is 9.88 Å². The van der Waals surface area contributed by atoms with Crippen LogP contribution in [0.1, 0.15) is 34.3 Å². The van der Waals surface area contributed by atoms with Gasteiger partial charge in [-0.2, -0.15) is 15.5 Å². The first-order chi connectivity index (χ1) is 13.3. The van der Waals surface area contributed by atoms with Crippen molar-refractivity contribution in [3.05, 3.63) is 71.2 Å². The first-order valence-electron chi connectivity index (χ1n) is 8.71. The van der Waals surface area contributed by atoms with Crippen molar-refractivity contribution in [2.24, 2.45) is 0 Å². The lowest BCUT2D eigenvalue weighted by atomic mass is 9.99. The quantitative estimate of drug-likeness (QED) is 0.591. The third kappa shape index (κ3) is 2.36. The number of rotatable bonds is 2. The van der Waals surface area contributed by atoms with Gasteiger partial charge in [0, 0.05) is 24.9 Å². The summed E-state index contributed by atoms with van der Waals surface area (Å²) in [6.45, 7) is 2.76. The van der Waals surface area contributed by atoms with E-state index >= 15 is 0 Å². The van der Waals surface area contributed by atoms with Crippen molar-refractivity contribution >= 4 is 11.3 Å². The van der Waals surface area contributed by atoms with E-state index in [-0.39, 0.29) is 6.04 Å². The van der Waals surface area contributed by atoms with Crippen LogP contribution >= 0.6 is 0 Å². The summed E-state index contributed by atoms with van der Waals surface area (Å²) in [5.74, 6) is 0.562. The summed E-state index contributed by atoms with van der Waals surface area (Å²) in [6.07, 6.45) is 5.98. The van der Waals surface area contributed by atoms with Gasteiger partial charge in [-0.1, -0.05) is 6.07 Å². The lowest BCUT2D eigenvalue weighted by Gasteiger charge is -2.34. The molecule has 1 atom stereocenters. The molecular formula is C19H16N8. The summed E-state index contributed by atoms with van der Waals surface area (Å²) in [5.41, 5.74) is 5.57. The average molecular weight is 356 g/mol. The van der Waals surface area contributed by atoms with E-state index in [0.29, 0.717) is 17.9 Å². The summed E-state index contributed by atoms with van der Waals surface area (Å²) >= 11 is 0. The zero-order chi connectivity index (χ0) is 18.4. The molecule has 8 heteroatoms. The molecule has 1 N–H and O–H groups in total. The van der Waals surface area contributed by atoms with Crippen LogP contribution in [0.2, 0.25) is 0 Å². The van der Waals surface area contributed by atoms with Crippen LogP contribution in [0.25, 0.3) is 5.52 Å². The van der Waals surface area contributed by atoms with Crippen molar-refractivity contribution in [2.75, 3.05) is 11.4 Å². The number of hydrogen-bond acceptors (Lipinski definition) is 6. The fourth-order valence-electron chi connectivity index (χ4n) is 3.74. The zero-order valence-corrected chi connectivity index (χ0v) is 14.7. The maximum atomic E-state index is 9.53. The van der Waals surface area contributed by atoms with Crippen molar-refractivity contribution in [3.63, 3.8) is 0 Å². The van der Waals surface area contributed by atoms with Crippen molar-refractivity contribution in [1.82, 2.24) is 29.8 Å². The molecule has 8 nitrogen and oxygen atoms in total. The Morgan fingerprint density at radius 2 is 2.26 bits per heavy atom. The van der Waals surface area contributed by atoms with Crippen LogP contribution in [-0.2, 0) is 6.42 Å². The predicted octanol–water partition coefficient (Wildman–Crippen LogP) is 2.18. The number of pyridine rings is 1. The molecule has 0 spiro atoms. The Balaban J connectivity index is 1.72. The Labute approximate surface area is 155 Å². The Morgan fingerprint density at radius 1 is 1.33 bits per heavy atom. The Morgan fingerprint density at radius 3 is 3.11 bits per heavy atom. The van der Waals surface area contributed by atoms with E-state index < -0.39 is 0 Å². The molecule has 5 heterocycles. The monoisotopic (exact) mass is 356 g/mol. The molecule has 0 radical (unpaired) electrons. The van der Waals surface area contributed by atoms with Crippen LogP contribution in [0.15, 0.2) is 43.0 Å².